The Morgan fingerprint density at radius 3 is 2.40 bits per heavy atom. The van der Waals surface area contributed by atoms with Crippen LogP contribution in [0.4, 0.5) is 5.69 Å². The zero-order valence-corrected chi connectivity index (χ0v) is 12.2. The Morgan fingerprint density at radius 1 is 1.35 bits per heavy atom. The van der Waals surface area contributed by atoms with E-state index < -0.39 is 23.0 Å². The number of benzene rings is 1. The van der Waals surface area contributed by atoms with Crippen LogP contribution in [0.15, 0.2) is 24.3 Å². The molecule has 0 spiro atoms. The Kier molecular flexibility index (Phi) is 6.10. The second kappa shape index (κ2) is 7.59. The fourth-order valence-corrected chi connectivity index (χ4v) is 1.64. The van der Waals surface area contributed by atoms with Gasteiger partial charge in [-0.2, -0.15) is 0 Å². The maximum absolute atomic E-state index is 11.7. The summed E-state index contributed by atoms with van der Waals surface area (Å²) in [7, 11) is 0. The summed E-state index contributed by atoms with van der Waals surface area (Å²) in [4.78, 5) is 32.4. The van der Waals surface area contributed by atoms with Crippen molar-refractivity contribution in [1.82, 2.24) is 0 Å². The molecule has 0 radical (unpaired) electrons. The predicted molar refractivity (Wildman–Crippen MR) is 72.7 cm³/mol. The van der Waals surface area contributed by atoms with Gasteiger partial charge in [0.25, 0.3) is 5.69 Å². The van der Waals surface area contributed by atoms with E-state index in [1.807, 2.05) is 0 Å². The number of rotatable bonds is 6. The lowest BCUT2D eigenvalue weighted by molar-refractivity contribution is -0.384. The number of ether oxygens (including phenoxy) is 2. The molecule has 0 saturated heterocycles. The van der Waals surface area contributed by atoms with Crippen molar-refractivity contribution in [2.75, 3.05) is 11.9 Å². The lowest BCUT2D eigenvalue weighted by Crippen LogP contribution is -2.25. The molecule has 1 aromatic rings. The Labute approximate surface area is 123 Å². The molecule has 0 heterocycles. The van der Waals surface area contributed by atoms with E-state index in [4.69, 9.17) is 9.47 Å². The smallest absolute Gasteiger partial charge is 0.338 e. The van der Waals surface area contributed by atoms with E-state index in [0.717, 1.165) is 0 Å². The van der Waals surface area contributed by atoms with Crippen LogP contribution in [0.5, 0.6) is 0 Å². The zero-order chi connectivity index (χ0) is 15.1. The van der Waals surface area contributed by atoms with Crippen LogP contribution < -0.4 is 0 Å². The minimum Gasteiger partial charge on any atom is -0.458 e. The molecule has 1 rings (SSSR count). The Morgan fingerprint density at radius 2 is 1.95 bits per heavy atom. The summed E-state index contributed by atoms with van der Waals surface area (Å²) in [6.45, 7) is 1.16. The molecule has 0 bridgehead atoms. The molecule has 108 valence electrons. The third-order valence-electron chi connectivity index (χ3n) is 2.22. The average molecular weight is 346 g/mol. The van der Waals surface area contributed by atoms with Gasteiger partial charge in [-0.1, -0.05) is 15.9 Å². The van der Waals surface area contributed by atoms with Gasteiger partial charge in [-0.05, 0) is 12.1 Å². The molecule has 0 amide bonds. The van der Waals surface area contributed by atoms with E-state index >= 15 is 0 Å². The molecule has 0 fully saturated rings. The van der Waals surface area contributed by atoms with Crippen LogP contribution in [-0.4, -0.2) is 34.9 Å². The topological polar surface area (TPSA) is 95.7 Å². The van der Waals surface area contributed by atoms with Crippen molar-refractivity contribution >= 4 is 33.6 Å². The molecule has 1 aromatic carbocycles. The van der Waals surface area contributed by atoms with E-state index in [9.17, 15) is 19.7 Å². The van der Waals surface area contributed by atoms with E-state index in [1.54, 1.807) is 0 Å². The number of hydrogen-bond acceptors (Lipinski definition) is 6. The highest BCUT2D eigenvalue weighted by Gasteiger charge is 2.15. The highest BCUT2D eigenvalue weighted by atomic mass is 79.9. The number of nitrogens with zero attached hydrogens (tertiary/aromatic N) is 1. The normalized spacial score (nSPS) is 11.5. The van der Waals surface area contributed by atoms with Crippen LogP contribution in [0, 0.1) is 10.1 Å². The van der Waals surface area contributed by atoms with Crippen molar-refractivity contribution < 1.29 is 24.0 Å². The molecular formula is C12H12BrNO6. The monoisotopic (exact) mass is 345 g/mol. The molecule has 0 unspecified atom stereocenters. The first kappa shape index (κ1) is 16.1. The van der Waals surface area contributed by atoms with E-state index in [2.05, 4.69) is 15.9 Å². The highest BCUT2D eigenvalue weighted by Crippen LogP contribution is 2.13. The Bertz CT molecular complexity index is 501. The van der Waals surface area contributed by atoms with Gasteiger partial charge in [0, 0.05) is 24.4 Å². The fourth-order valence-electron chi connectivity index (χ4n) is 1.32. The number of carbonyl (C=O) groups excluding carboxylic acids is 2. The maximum atomic E-state index is 11.7. The predicted octanol–water partition coefficient (Wildman–Crippen LogP) is 2.08. The minimum absolute atomic E-state index is 0.0966. The summed E-state index contributed by atoms with van der Waals surface area (Å²) in [6, 6.07) is 5.03. The number of alkyl halides is 1. The van der Waals surface area contributed by atoms with Gasteiger partial charge in [-0.3, -0.25) is 14.9 Å². The number of hydrogen-bond donors (Lipinski definition) is 0. The third-order valence-corrected chi connectivity index (χ3v) is 2.94. The van der Waals surface area contributed by atoms with Crippen molar-refractivity contribution in [3.63, 3.8) is 0 Å². The zero-order valence-electron chi connectivity index (χ0n) is 10.6. The maximum Gasteiger partial charge on any atom is 0.338 e. The lowest BCUT2D eigenvalue weighted by Gasteiger charge is -2.14. The molecule has 7 nitrogen and oxygen atoms in total. The van der Waals surface area contributed by atoms with Crippen molar-refractivity contribution in [1.29, 1.82) is 0 Å². The number of halogens is 1. The van der Waals surface area contributed by atoms with Crippen LogP contribution in [0.1, 0.15) is 17.3 Å². The van der Waals surface area contributed by atoms with Crippen molar-refractivity contribution in [2.24, 2.45) is 0 Å². The molecule has 8 heteroatoms. The van der Waals surface area contributed by atoms with Crippen molar-refractivity contribution in [2.45, 2.75) is 13.0 Å². The summed E-state index contributed by atoms with van der Waals surface area (Å²) in [5, 5.41) is 10.8. The summed E-state index contributed by atoms with van der Waals surface area (Å²) in [5.74, 6) is -1.11. The van der Waals surface area contributed by atoms with Crippen molar-refractivity contribution in [3.8, 4) is 0 Å². The number of nitro benzene ring substituents is 1. The number of carbonyl (C=O) groups is 2. The van der Waals surface area contributed by atoms with E-state index in [1.165, 1.54) is 31.2 Å². The quantitative estimate of drug-likeness (QED) is 0.339. The molecule has 0 aliphatic rings. The molecule has 0 saturated carbocycles. The SMILES string of the molecule is CC(=O)O[C@H](CBr)COC(=O)c1ccc([N+](=O)[O-])cc1. The molecule has 0 aliphatic carbocycles. The average Bonchev–Trinajstić information content (AvgIpc) is 2.42. The van der Waals surface area contributed by atoms with Gasteiger partial charge in [-0.25, -0.2) is 4.79 Å². The van der Waals surface area contributed by atoms with Crippen LogP contribution >= 0.6 is 15.9 Å². The van der Waals surface area contributed by atoms with Gasteiger partial charge in [-0.15, -0.1) is 0 Å². The number of nitro groups is 1. The van der Waals surface area contributed by atoms with Crippen LogP contribution in [0.3, 0.4) is 0 Å². The first-order chi connectivity index (χ1) is 9.43. The Balaban J connectivity index is 2.57. The second-order valence-corrected chi connectivity index (χ2v) is 4.44. The number of non-ortho nitro benzene ring substituents is 1. The van der Waals surface area contributed by atoms with Gasteiger partial charge in [0.2, 0.25) is 0 Å². The van der Waals surface area contributed by atoms with Crippen LogP contribution in [0.25, 0.3) is 0 Å². The molecule has 20 heavy (non-hydrogen) atoms. The molecular weight excluding hydrogens is 334 g/mol. The minimum atomic E-state index is -0.641. The van der Waals surface area contributed by atoms with Crippen LogP contribution in [0.2, 0.25) is 0 Å². The highest BCUT2D eigenvalue weighted by molar-refractivity contribution is 9.09. The second-order valence-electron chi connectivity index (χ2n) is 3.79. The van der Waals surface area contributed by atoms with Crippen LogP contribution in [-0.2, 0) is 14.3 Å². The van der Waals surface area contributed by atoms with Gasteiger partial charge < -0.3 is 9.47 Å². The molecule has 1 atom stereocenters. The third kappa shape index (κ3) is 4.96. The summed E-state index contributed by atoms with van der Waals surface area (Å²) >= 11 is 3.13. The summed E-state index contributed by atoms with van der Waals surface area (Å²) in [6.07, 6.45) is -0.575. The Hall–Kier alpha value is -1.96. The first-order valence-electron chi connectivity index (χ1n) is 5.58. The standard InChI is InChI=1S/C12H12BrNO6/c1-8(15)20-11(6-13)7-19-12(16)9-2-4-10(5-3-9)14(17)18/h2-5,11H,6-7H2,1H3/t11-/m1/s1. The molecule has 0 aromatic heterocycles. The molecule has 0 N–H and O–H groups in total. The fraction of sp³-hybridized carbons (Fsp3) is 0.333. The lowest BCUT2D eigenvalue weighted by atomic mass is 10.2. The van der Waals surface area contributed by atoms with Crippen molar-refractivity contribution in [3.05, 3.63) is 39.9 Å². The van der Waals surface area contributed by atoms with Gasteiger partial charge in [0.05, 0.1) is 10.5 Å². The summed E-state index contributed by atoms with van der Waals surface area (Å²) < 4.78 is 9.85. The van der Waals surface area contributed by atoms with Gasteiger partial charge in [0.15, 0.2) is 0 Å². The molecule has 0 aliphatic heterocycles. The first-order valence-corrected chi connectivity index (χ1v) is 6.71. The van der Waals surface area contributed by atoms with E-state index in [-0.39, 0.29) is 17.9 Å². The van der Waals surface area contributed by atoms with E-state index in [0.29, 0.717) is 5.33 Å². The largest absolute Gasteiger partial charge is 0.458 e. The number of esters is 2. The van der Waals surface area contributed by atoms with Gasteiger partial charge >= 0.3 is 11.9 Å². The van der Waals surface area contributed by atoms with Gasteiger partial charge in [0.1, 0.15) is 12.7 Å². The summed E-state index contributed by atoms with van der Waals surface area (Å²) in [5.41, 5.74) is 0.0755.